The van der Waals surface area contributed by atoms with Crippen molar-refractivity contribution < 1.29 is 18.0 Å². The molecular formula is C7H4F3N3OS. The highest BCUT2D eigenvalue weighted by Crippen LogP contribution is 2.32. The standard InChI is InChI=1S/C7H4F3N3OS/c8-7(9,10)4-3(5(11)14)13-1-2-15-6(13)12-4/h1-2H,(H2,11,14). The van der Waals surface area contributed by atoms with Crippen LogP contribution in [0, 0.1) is 0 Å². The Bertz CT molecular complexity index is 527. The number of alkyl halides is 3. The molecule has 0 saturated heterocycles. The molecule has 2 N–H and O–H groups in total. The van der Waals surface area contributed by atoms with Crippen LogP contribution in [0.15, 0.2) is 11.6 Å². The summed E-state index contributed by atoms with van der Waals surface area (Å²) in [6.45, 7) is 0. The average Bonchev–Trinajstić information content (AvgIpc) is 2.56. The molecule has 0 unspecified atom stereocenters. The van der Waals surface area contributed by atoms with Crippen LogP contribution in [0.25, 0.3) is 4.96 Å². The molecule has 0 aromatic carbocycles. The zero-order valence-corrected chi connectivity index (χ0v) is 7.89. The van der Waals surface area contributed by atoms with Gasteiger partial charge in [0.05, 0.1) is 0 Å². The summed E-state index contributed by atoms with van der Waals surface area (Å²) in [5.74, 6) is -1.15. The number of primary amides is 1. The van der Waals surface area contributed by atoms with Crippen molar-refractivity contribution in [1.82, 2.24) is 9.38 Å². The Morgan fingerprint density at radius 1 is 1.53 bits per heavy atom. The summed E-state index contributed by atoms with van der Waals surface area (Å²) in [6, 6.07) is 0. The van der Waals surface area contributed by atoms with E-state index in [1.54, 1.807) is 0 Å². The van der Waals surface area contributed by atoms with Gasteiger partial charge in [0.1, 0.15) is 5.69 Å². The lowest BCUT2D eigenvalue weighted by atomic mass is 10.3. The van der Waals surface area contributed by atoms with Gasteiger partial charge in [0, 0.05) is 11.6 Å². The maximum absolute atomic E-state index is 12.4. The molecule has 2 rings (SSSR count). The Hall–Kier alpha value is -1.57. The monoisotopic (exact) mass is 235 g/mol. The van der Waals surface area contributed by atoms with Crippen molar-refractivity contribution >= 4 is 22.2 Å². The Kier molecular flexibility index (Phi) is 1.97. The lowest BCUT2D eigenvalue weighted by Gasteiger charge is -2.03. The Morgan fingerprint density at radius 2 is 2.20 bits per heavy atom. The molecule has 4 nitrogen and oxygen atoms in total. The molecule has 0 atom stereocenters. The van der Waals surface area contributed by atoms with E-state index in [2.05, 4.69) is 4.98 Å². The molecule has 0 aliphatic rings. The third-order valence-corrected chi connectivity index (χ3v) is 2.52. The number of nitrogens with zero attached hydrogens (tertiary/aromatic N) is 2. The molecule has 0 aliphatic carbocycles. The second kappa shape index (κ2) is 2.96. The molecule has 2 aromatic heterocycles. The highest BCUT2D eigenvalue weighted by atomic mass is 32.1. The van der Waals surface area contributed by atoms with Crippen LogP contribution >= 0.6 is 11.3 Å². The molecular weight excluding hydrogens is 231 g/mol. The summed E-state index contributed by atoms with van der Waals surface area (Å²) in [5.41, 5.74) is 3.03. The van der Waals surface area contributed by atoms with Crippen molar-refractivity contribution in [1.29, 1.82) is 0 Å². The first-order valence-corrected chi connectivity index (χ1v) is 4.62. The fraction of sp³-hybridized carbons (Fsp3) is 0.143. The molecule has 15 heavy (non-hydrogen) atoms. The van der Waals surface area contributed by atoms with E-state index in [4.69, 9.17) is 5.73 Å². The van der Waals surface area contributed by atoms with Gasteiger partial charge in [0.2, 0.25) is 0 Å². The number of carbonyl (C=O) groups excluding carboxylic acids is 1. The van der Waals surface area contributed by atoms with Crippen LogP contribution in [0.3, 0.4) is 0 Å². The van der Waals surface area contributed by atoms with Gasteiger partial charge in [-0.3, -0.25) is 9.20 Å². The zero-order chi connectivity index (χ0) is 11.2. The summed E-state index contributed by atoms with van der Waals surface area (Å²) in [5, 5.41) is 1.52. The number of imidazole rings is 1. The van der Waals surface area contributed by atoms with Gasteiger partial charge >= 0.3 is 6.18 Å². The predicted octanol–water partition coefficient (Wildman–Crippen LogP) is 1.51. The predicted molar refractivity (Wildman–Crippen MR) is 46.6 cm³/mol. The van der Waals surface area contributed by atoms with Crippen molar-refractivity contribution in [3.05, 3.63) is 23.0 Å². The third kappa shape index (κ3) is 1.46. The smallest absolute Gasteiger partial charge is 0.364 e. The fourth-order valence-electron chi connectivity index (χ4n) is 1.22. The number of hydrogen-bond donors (Lipinski definition) is 1. The molecule has 8 heteroatoms. The zero-order valence-electron chi connectivity index (χ0n) is 7.08. The Balaban J connectivity index is 2.79. The molecule has 80 valence electrons. The van der Waals surface area contributed by atoms with Gasteiger partial charge < -0.3 is 5.73 Å². The van der Waals surface area contributed by atoms with Crippen molar-refractivity contribution in [2.24, 2.45) is 5.73 Å². The number of nitrogens with two attached hydrogens (primary N) is 1. The first-order chi connectivity index (χ1) is 6.91. The second-order valence-corrected chi connectivity index (χ2v) is 3.60. The van der Waals surface area contributed by atoms with Gasteiger partial charge in [-0.2, -0.15) is 13.2 Å². The molecule has 0 fully saturated rings. The minimum absolute atomic E-state index is 0.0936. The van der Waals surface area contributed by atoms with E-state index in [9.17, 15) is 18.0 Å². The van der Waals surface area contributed by atoms with Crippen LogP contribution in [-0.2, 0) is 6.18 Å². The second-order valence-electron chi connectivity index (χ2n) is 2.73. The van der Waals surface area contributed by atoms with E-state index in [0.29, 0.717) is 0 Å². The maximum atomic E-state index is 12.4. The Morgan fingerprint density at radius 3 is 2.73 bits per heavy atom. The summed E-state index contributed by atoms with van der Waals surface area (Å²) < 4.78 is 38.4. The normalized spacial score (nSPS) is 12.2. The number of aromatic nitrogens is 2. The van der Waals surface area contributed by atoms with Crippen molar-refractivity contribution in [2.75, 3.05) is 0 Å². The quantitative estimate of drug-likeness (QED) is 0.814. The number of amides is 1. The maximum Gasteiger partial charge on any atom is 0.435 e. The number of thiazole rings is 1. The average molecular weight is 235 g/mol. The van der Waals surface area contributed by atoms with Crippen molar-refractivity contribution in [3.63, 3.8) is 0 Å². The summed E-state index contributed by atoms with van der Waals surface area (Å²) in [4.78, 5) is 14.3. The first-order valence-electron chi connectivity index (χ1n) is 3.74. The van der Waals surface area contributed by atoms with Crippen LogP contribution in [0.4, 0.5) is 13.2 Å². The van der Waals surface area contributed by atoms with E-state index >= 15 is 0 Å². The highest BCUT2D eigenvalue weighted by Gasteiger charge is 2.39. The highest BCUT2D eigenvalue weighted by molar-refractivity contribution is 7.15. The summed E-state index contributed by atoms with van der Waals surface area (Å²) in [6.07, 6.45) is -3.35. The van der Waals surface area contributed by atoms with E-state index < -0.39 is 23.5 Å². The molecule has 0 radical (unpaired) electrons. The lowest BCUT2D eigenvalue weighted by molar-refractivity contribution is -0.141. The molecule has 0 aliphatic heterocycles. The number of rotatable bonds is 1. The van der Waals surface area contributed by atoms with Gasteiger partial charge in [0.25, 0.3) is 5.91 Å². The van der Waals surface area contributed by atoms with E-state index in [0.717, 1.165) is 15.7 Å². The van der Waals surface area contributed by atoms with Gasteiger partial charge in [-0.05, 0) is 0 Å². The molecule has 2 heterocycles. The minimum Gasteiger partial charge on any atom is -0.364 e. The number of fused-ring (bicyclic) bond motifs is 1. The van der Waals surface area contributed by atoms with Crippen LogP contribution in [0.5, 0.6) is 0 Å². The SMILES string of the molecule is NC(=O)c1c(C(F)(F)F)nc2sccn12. The van der Waals surface area contributed by atoms with Gasteiger partial charge in [-0.15, -0.1) is 11.3 Å². The lowest BCUT2D eigenvalue weighted by Crippen LogP contribution is -2.19. The molecule has 0 saturated carbocycles. The van der Waals surface area contributed by atoms with Gasteiger partial charge in [-0.1, -0.05) is 0 Å². The number of carbonyl (C=O) groups is 1. The third-order valence-electron chi connectivity index (χ3n) is 1.76. The molecule has 2 aromatic rings. The topological polar surface area (TPSA) is 60.4 Å². The molecule has 1 amide bonds. The van der Waals surface area contributed by atoms with E-state index in [-0.39, 0.29) is 4.96 Å². The van der Waals surface area contributed by atoms with Gasteiger partial charge in [-0.25, -0.2) is 4.98 Å². The van der Waals surface area contributed by atoms with Crippen LogP contribution in [-0.4, -0.2) is 15.3 Å². The van der Waals surface area contributed by atoms with E-state index in [1.807, 2.05) is 0 Å². The Labute approximate surface area is 85.1 Å². The van der Waals surface area contributed by atoms with E-state index in [1.165, 1.54) is 11.6 Å². The summed E-state index contributed by atoms with van der Waals surface area (Å²) in [7, 11) is 0. The number of halogens is 3. The number of hydrogen-bond acceptors (Lipinski definition) is 3. The fourth-order valence-corrected chi connectivity index (χ4v) is 1.93. The van der Waals surface area contributed by atoms with Crippen LogP contribution in [0.2, 0.25) is 0 Å². The van der Waals surface area contributed by atoms with Crippen molar-refractivity contribution in [3.8, 4) is 0 Å². The summed E-state index contributed by atoms with van der Waals surface area (Å²) >= 11 is 1.000. The van der Waals surface area contributed by atoms with Crippen LogP contribution < -0.4 is 5.73 Å². The molecule has 0 bridgehead atoms. The van der Waals surface area contributed by atoms with Gasteiger partial charge in [0.15, 0.2) is 10.7 Å². The molecule has 0 spiro atoms. The first kappa shape index (κ1) is 9.97. The van der Waals surface area contributed by atoms with Crippen LogP contribution in [0.1, 0.15) is 16.2 Å². The van der Waals surface area contributed by atoms with Crippen molar-refractivity contribution in [2.45, 2.75) is 6.18 Å². The largest absolute Gasteiger partial charge is 0.435 e. The minimum atomic E-state index is -4.67.